The van der Waals surface area contributed by atoms with Gasteiger partial charge in [-0.3, -0.25) is 4.79 Å². The largest absolute Gasteiger partial charge is 0.371 e. The summed E-state index contributed by atoms with van der Waals surface area (Å²) in [6.45, 7) is 5.67. The molecule has 102 valence electrons. The number of hydrogen-bond acceptors (Lipinski definition) is 3. The number of carbonyl (C=O) groups excluding carboxylic acids is 1. The normalized spacial score (nSPS) is 39.3. The second-order valence-corrected chi connectivity index (χ2v) is 6.12. The molecule has 4 nitrogen and oxygen atoms in total. The highest BCUT2D eigenvalue weighted by molar-refractivity contribution is 5.83. The van der Waals surface area contributed by atoms with Gasteiger partial charge < -0.3 is 15.0 Å². The molecule has 3 unspecified atom stereocenters. The highest BCUT2D eigenvalue weighted by Gasteiger charge is 2.45. The van der Waals surface area contributed by atoms with Crippen molar-refractivity contribution < 1.29 is 9.53 Å². The molecule has 1 N–H and O–H groups in total. The highest BCUT2D eigenvalue weighted by Crippen LogP contribution is 2.36. The van der Waals surface area contributed by atoms with Crippen LogP contribution in [-0.2, 0) is 9.53 Å². The van der Waals surface area contributed by atoms with Crippen LogP contribution in [0.5, 0.6) is 0 Å². The van der Waals surface area contributed by atoms with Crippen molar-refractivity contribution in [2.75, 3.05) is 26.2 Å². The average Bonchev–Trinajstić information content (AvgIpc) is 2.97. The number of morpholine rings is 1. The van der Waals surface area contributed by atoms with E-state index >= 15 is 0 Å². The Morgan fingerprint density at radius 1 is 1.39 bits per heavy atom. The third-order valence-corrected chi connectivity index (χ3v) is 4.76. The van der Waals surface area contributed by atoms with Gasteiger partial charge in [-0.15, -0.1) is 0 Å². The summed E-state index contributed by atoms with van der Waals surface area (Å²) in [7, 11) is 0. The molecule has 0 saturated carbocycles. The molecule has 3 aliphatic rings. The quantitative estimate of drug-likeness (QED) is 0.819. The van der Waals surface area contributed by atoms with Gasteiger partial charge in [0.2, 0.25) is 5.91 Å². The van der Waals surface area contributed by atoms with Gasteiger partial charge in [-0.2, -0.15) is 0 Å². The summed E-state index contributed by atoms with van der Waals surface area (Å²) in [5.74, 6) is 0.384. The number of fused-ring (bicyclic) bond motifs is 2. The van der Waals surface area contributed by atoms with Gasteiger partial charge in [0.15, 0.2) is 0 Å². The maximum absolute atomic E-state index is 12.9. The third-order valence-electron chi connectivity index (χ3n) is 4.76. The van der Waals surface area contributed by atoms with Crippen LogP contribution in [-0.4, -0.2) is 49.2 Å². The molecular formula is C14H24N2O2. The molecule has 4 heteroatoms. The fourth-order valence-electron chi connectivity index (χ4n) is 3.84. The Bertz CT molecular complexity index is 314. The van der Waals surface area contributed by atoms with E-state index in [2.05, 4.69) is 17.1 Å². The smallest absolute Gasteiger partial charge is 0.230 e. The Balaban J connectivity index is 1.72. The lowest BCUT2D eigenvalue weighted by Gasteiger charge is -2.38. The van der Waals surface area contributed by atoms with Gasteiger partial charge in [0.1, 0.15) is 0 Å². The molecule has 0 radical (unpaired) electrons. The minimum absolute atomic E-state index is 0.120. The van der Waals surface area contributed by atoms with Crippen LogP contribution in [0, 0.1) is 5.41 Å². The summed E-state index contributed by atoms with van der Waals surface area (Å²) in [6, 6.07) is 0. The maximum atomic E-state index is 12.9. The molecule has 3 saturated heterocycles. The summed E-state index contributed by atoms with van der Waals surface area (Å²) in [5, 5.41) is 3.38. The number of amides is 1. The Hall–Kier alpha value is -0.610. The van der Waals surface area contributed by atoms with Crippen molar-refractivity contribution in [2.24, 2.45) is 5.41 Å². The van der Waals surface area contributed by atoms with E-state index in [9.17, 15) is 4.79 Å². The van der Waals surface area contributed by atoms with Crippen molar-refractivity contribution >= 4 is 5.91 Å². The van der Waals surface area contributed by atoms with Crippen molar-refractivity contribution in [1.29, 1.82) is 0 Å². The Labute approximate surface area is 109 Å². The molecule has 3 fully saturated rings. The van der Waals surface area contributed by atoms with E-state index < -0.39 is 0 Å². The van der Waals surface area contributed by atoms with Gasteiger partial charge in [0.25, 0.3) is 0 Å². The van der Waals surface area contributed by atoms with Crippen LogP contribution < -0.4 is 5.32 Å². The summed E-state index contributed by atoms with van der Waals surface area (Å²) < 4.78 is 5.82. The zero-order chi connectivity index (χ0) is 12.6. The van der Waals surface area contributed by atoms with Crippen molar-refractivity contribution in [3.8, 4) is 0 Å². The Morgan fingerprint density at radius 3 is 2.67 bits per heavy atom. The number of rotatable bonds is 3. The van der Waals surface area contributed by atoms with E-state index in [-0.39, 0.29) is 5.41 Å². The summed E-state index contributed by atoms with van der Waals surface area (Å²) in [4.78, 5) is 15.0. The first-order chi connectivity index (χ1) is 8.73. The van der Waals surface area contributed by atoms with Crippen molar-refractivity contribution in [3.05, 3.63) is 0 Å². The molecule has 0 aliphatic carbocycles. The van der Waals surface area contributed by atoms with E-state index in [4.69, 9.17) is 4.74 Å². The van der Waals surface area contributed by atoms with Crippen molar-refractivity contribution in [3.63, 3.8) is 0 Å². The lowest BCUT2D eigenvalue weighted by molar-refractivity contribution is -0.150. The molecule has 3 rings (SSSR count). The molecule has 2 bridgehead atoms. The summed E-state index contributed by atoms with van der Waals surface area (Å²) in [6.07, 6.45) is 5.99. The topological polar surface area (TPSA) is 41.6 Å². The molecular weight excluding hydrogens is 228 g/mol. The van der Waals surface area contributed by atoms with Crippen LogP contribution in [0.15, 0.2) is 0 Å². The van der Waals surface area contributed by atoms with Gasteiger partial charge in [-0.05, 0) is 32.2 Å². The van der Waals surface area contributed by atoms with E-state index in [0.717, 1.165) is 58.3 Å². The Kier molecular flexibility index (Phi) is 3.32. The molecule has 0 aromatic carbocycles. The molecule has 18 heavy (non-hydrogen) atoms. The Morgan fingerprint density at radius 2 is 2.11 bits per heavy atom. The molecule has 1 amide bonds. The SMILES string of the molecule is CCCC1(C(=O)N2CC3CCC(C2)O3)CCNC1. The van der Waals surface area contributed by atoms with Gasteiger partial charge in [-0.25, -0.2) is 0 Å². The van der Waals surface area contributed by atoms with E-state index in [1.165, 1.54) is 0 Å². The first-order valence-corrected chi connectivity index (χ1v) is 7.39. The third kappa shape index (κ3) is 2.05. The zero-order valence-electron chi connectivity index (χ0n) is 11.3. The van der Waals surface area contributed by atoms with Crippen LogP contribution in [0.1, 0.15) is 39.0 Å². The number of carbonyl (C=O) groups is 1. The molecule has 0 aromatic heterocycles. The lowest BCUT2D eigenvalue weighted by atomic mass is 9.81. The zero-order valence-corrected chi connectivity index (χ0v) is 11.3. The lowest BCUT2D eigenvalue weighted by Crippen LogP contribution is -2.52. The van der Waals surface area contributed by atoms with E-state index in [1.807, 2.05) is 0 Å². The van der Waals surface area contributed by atoms with Crippen LogP contribution >= 0.6 is 0 Å². The van der Waals surface area contributed by atoms with Crippen LogP contribution in [0.25, 0.3) is 0 Å². The number of nitrogens with one attached hydrogen (secondary N) is 1. The first-order valence-electron chi connectivity index (χ1n) is 7.39. The maximum Gasteiger partial charge on any atom is 0.230 e. The van der Waals surface area contributed by atoms with Crippen molar-refractivity contribution in [1.82, 2.24) is 10.2 Å². The second kappa shape index (κ2) is 4.82. The summed E-state index contributed by atoms with van der Waals surface area (Å²) >= 11 is 0. The van der Waals surface area contributed by atoms with E-state index in [0.29, 0.717) is 18.1 Å². The standard InChI is InChI=1S/C14H24N2O2/c1-2-5-14(6-7-15-10-14)13(17)16-8-11-3-4-12(9-16)18-11/h11-12,15H,2-10H2,1H3. The predicted octanol–water partition coefficient (Wildman–Crippen LogP) is 1.16. The average molecular weight is 252 g/mol. The van der Waals surface area contributed by atoms with E-state index in [1.54, 1.807) is 0 Å². The molecule has 3 atom stereocenters. The monoisotopic (exact) mass is 252 g/mol. The molecule has 3 aliphatic heterocycles. The van der Waals surface area contributed by atoms with Crippen LogP contribution in [0.4, 0.5) is 0 Å². The molecule has 0 spiro atoms. The summed E-state index contributed by atoms with van der Waals surface area (Å²) in [5.41, 5.74) is -0.120. The number of likely N-dealkylation sites (tertiary alicyclic amines) is 1. The molecule has 0 aromatic rings. The highest BCUT2D eigenvalue weighted by atomic mass is 16.5. The number of nitrogens with zero attached hydrogens (tertiary/aromatic N) is 1. The van der Waals surface area contributed by atoms with Gasteiger partial charge in [0, 0.05) is 19.6 Å². The first kappa shape index (κ1) is 12.4. The number of hydrogen-bond donors (Lipinski definition) is 1. The van der Waals surface area contributed by atoms with Crippen LogP contribution in [0.2, 0.25) is 0 Å². The van der Waals surface area contributed by atoms with Crippen LogP contribution in [0.3, 0.4) is 0 Å². The van der Waals surface area contributed by atoms with Gasteiger partial charge in [0.05, 0.1) is 17.6 Å². The minimum Gasteiger partial charge on any atom is -0.371 e. The minimum atomic E-state index is -0.120. The fourth-order valence-corrected chi connectivity index (χ4v) is 3.84. The van der Waals surface area contributed by atoms with Gasteiger partial charge >= 0.3 is 0 Å². The number of ether oxygens (including phenoxy) is 1. The predicted molar refractivity (Wildman–Crippen MR) is 69.3 cm³/mol. The second-order valence-electron chi connectivity index (χ2n) is 6.12. The van der Waals surface area contributed by atoms with Crippen molar-refractivity contribution in [2.45, 2.75) is 51.2 Å². The van der Waals surface area contributed by atoms with Gasteiger partial charge in [-0.1, -0.05) is 13.3 Å². The molecule has 3 heterocycles. The fraction of sp³-hybridized carbons (Fsp3) is 0.929.